The monoisotopic (exact) mass is 548 g/mol. The molecule has 1 aliphatic heterocycles. The van der Waals surface area contributed by atoms with Crippen molar-refractivity contribution in [3.05, 3.63) is 88.6 Å². The Morgan fingerprint density at radius 1 is 1.23 bits per heavy atom. The van der Waals surface area contributed by atoms with Crippen molar-refractivity contribution in [2.75, 3.05) is 11.9 Å². The molecule has 4 heterocycles. The smallest absolute Gasteiger partial charge is 0.310 e. The normalized spacial score (nSPS) is 19.6. The largest absolute Gasteiger partial charge is 0.481 e. The van der Waals surface area contributed by atoms with Crippen LogP contribution in [0.3, 0.4) is 0 Å². The number of aromatic nitrogens is 4. The second-order valence-electron chi connectivity index (χ2n) is 10.3. The second-order valence-corrected chi connectivity index (χ2v) is 10.7. The van der Waals surface area contributed by atoms with E-state index in [1.165, 1.54) is 6.07 Å². The van der Waals surface area contributed by atoms with Crippen LogP contribution in [0.4, 0.5) is 16.0 Å². The van der Waals surface area contributed by atoms with Gasteiger partial charge in [0.15, 0.2) is 5.82 Å². The van der Waals surface area contributed by atoms with E-state index in [-0.39, 0.29) is 17.5 Å². The van der Waals surface area contributed by atoms with Gasteiger partial charge in [0.05, 0.1) is 16.1 Å². The van der Waals surface area contributed by atoms with Crippen molar-refractivity contribution in [1.82, 2.24) is 25.1 Å². The number of halogens is 2. The van der Waals surface area contributed by atoms with Crippen LogP contribution in [0.15, 0.2) is 60.8 Å². The molecule has 0 unspecified atom stereocenters. The Kier molecular flexibility index (Phi) is 7.63. The van der Waals surface area contributed by atoms with Crippen LogP contribution in [-0.2, 0) is 17.8 Å². The number of nitrogens with zero attached hydrogens (tertiary/aromatic N) is 4. The zero-order valence-electron chi connectivity index (χ0n) is 21.8. The lowest BCUT2D eigenvalue weighted by molar-refractivity contribution is -0.153. The molecule has 1 fully saturated rings. The van der Waals surface area contributed by atoms with Crippen molar-refractivity contribution in [3.8, 4) is 11.3 Å². The van der Waals surface area contributed by atoms with Gasteiger partial charge in [-0.25, -0.2) is 9.37 Å². The maximum atomic E-state index is 14.5. The fourth-order valence-corrected chi connectivity index (χ4v) is 5.51. The molecule has 3 N–H and O–H groups in total. The average molecular weight is 549 g/mol. The predicted molar refractivity (Wildman–Crippen MR) is 148 cm³/mol. The highest BCUT2D eigenvalue weighted by Gasteiger charge is 2.45. The van der Waals surface area contributed by atoms with Gasteiger partial charge in [0.1, 0.15) is 11.6 Å². The van der Waals surface area contributed by atoms with E-state index in [2.05, 4.69) is 25.4 Å². The van der Waals surface area contributed by atoms with Crippen LogP contribution < -0.4 is 5.32 Å². The van der Waals surface area contributed by atoms with Crippen LogP contribution in [0.25, 0.3) is 11.3 Å². The summed E-state index contributed by atoms with van der Waals surface area (Å²) < 4.78 is 14.5. The quantitative estimate of drug-likeness (QED) is 0.247. The van der Waals surface area contributed by atoms with Crippen LogP contribution in [0, 0.1) is 18.2 Å². The molecule has 5 rings (SSSR count). The number of hydrogen-bond donors (Lipinski definition) is 3. The highest BCUT2D eigenvalue weighted by molar-refractivity contribution is 6.30. The summed E-state index contributed by atoms with van der Waals surface area (Å²) in [5, 5.41) is 20.9. The third-order valence-corrected chi connectivity index (χ3v) is 7.66. The number of rotatable bonds is 8. The first kappa shape index (κ1) is 26.8. The summed E-state index contributed by atoms with van der Waals surface area (Å²) in [6.45, 7) is 4.78. The first-order valence-electron chi connectivity index (χ1n) is 12.8. The van der Waals surface area contributed by atoms with Crippen LogP contribution in [-0.4, -0.2) is 48.7 Å². The topological polar surface area (TPSA) is 107 Å². The van der Waals surface area contributed by atoms with E-state index in [9.17, 15) is 14.3 Å². The zero-order chi connectivity index (χ0) is 27.6. The Bertz CT molecular complexity index is 1480. The van der Waals surface area contributed by atoms with Crippen LogP contribution in [0.2, 0.25) is 5.02 Å². The Balaban J connectivity index is 1.42. The van der Waals surface area contributed by atoms with Crippen molar-refractivity contribution in [1.29, 1.82) is 0 Å². The minimum absolute atomic E-state index is 0.0863. The van der Waals surface area contributed by atoms with Gasteiger partial charge in [0.2, 0.25) is 0 Å². The molecule has 1 aliphatic rings. The number of piperidine rings is 1. The fourth-order valence-electron chi connectivity index (χ4n) is 5.31. The average Bonchev–Trinajstić information content (AvgIpc) is 3.32. The number of likely N-dealkylation sites (tertiary alicyclic amines) is 1. The van der Waals surface area contributed by atoms with E-state index in [1.54, 1.807) is 18.3 Å². The highest BCUT2D eigenvalue weighted by Crippen LogP contribution is 2.40. The Hall–Kier alpha value is -3.82. The van der Waals surface area contributed by atoms with E-state index in [0.717, 1.165) is 17.0 Å². The number of aliphatic carboxylic acids is 1. The summed E-state index contributed by atoms with van der Waals surface area (Å²) >= 11 is 5.97. The lowest BCUT2D eigenvalue weighted by Gasteiger charge is -2.43. The Labute approximate surface area is 231 Å². The lowest BCUT2D eigenvalue weighted by atomic mass is 9.72. The van der Waals surface area contributed by atoms with Gasteiger partial charge >= 0.3 is 5.97 Å². The summed E-state index contributed by atoms with van der Waals surface area (Å²) in [5.41, 5.74) is 2.64. The minimum atomic E-state index is -1.02. The predicted octanol–water partition coefficient (Wildman–Crippen LogP) is 6.01. The molecule has 3 aromatic heterocycles. The Morgan fingerprint density at radius 3 is 2.77 bits per heavy atom. The number of aromatic amines is 1. The van der Waals surface area contributed by atoms with Gasteiger partial charge in [0.25, 0.3) is 0 Å². The van der Waals surface area contributed by atoms with Crippen molar-refractivity contribution < 1.29 is 14.3 Å². The number of carboxylic acid groups (broad SMARTS) is 1. The maximum absolute atomic E-state index is 14.5. The highest BCUT2D eigenvalue weighted by atomic mass is 35.5. The van der Waals surface area contributed by atoms with Gasteiger partial charge in [-0.1, -0.05) is 29.8 Å². The van der Waals surface area contributed by atoms with Gasteiger partial charge in [-0.05, 0) is 63.6 Å². The molecular weight excluding hydrogens is 519 g/mol. The number of carbonyl (C=O) groups is 1. The number of H-pyrrole nitrogens is 1. The van der Waals surface area contributed by atoms with E-state index < -0.39 is 17.2 Å². The number of carboxylic acids is 1. The molecule has 10 heteroatoms. The third kappa shape index (κ3) is 5.94. The molecule has 0 bridgehead atoms. The third-order valence-electron chi connectivity index (χ3n) is 7.37. The van der Waals surface area contributed by atoms with E-state index in [1.807, 2.05) is 50.2 Å². The lowest BCUT2D eigenvalue weighted by Crippen LogP contribution is -2.49. The molecule has 0 spiro atoms. The molecule has 0 saturated carbocycles. The zero-order valence-corrected chi connectivity index (χ0v) is 22.5. The van der Waals surface area contributed by atoms with Crippen molar-refractivity contribution in [2.45, 2.75) is 45.7 Å². The molecule has 202 valence electrons. The molecule has 4 aromatic rings. The molecule has 8 nitrogen and oxygen atoms in total. The van der Waals surface area contributed by atoms with E-state index in [4.69, 9.17) is 16.6 Å². The molecule has 1 saturated heterocycles. The number of aryl methyl sites for hydroxylation is 1. The molecule has 0 aliphatic carbocycles. The fraction of sp³-hybridized carbons (Fsp3) is 0.310. The summed E-state index contributed by atoms with van der Waals surface area (Å²) in [7, 11) is 0. The molecular formula is C29H30ClFN6O2. The maximum Gasteiger partial charge on any atom is 0.310 e. The Morgan fingerprint density at radius 2 is 2.08 bits per heavy atom. The minimum Gasteiger partial charge on any atom is -0.481 e. The summed E-state index contributed by atoms with van der Waals surface area (Å²) in [4.78, 5) is 24.1. The van der Waals surface area contributed by atoms with Crippen LogP contribution in [0.5, 0.6) is 0 Å². The summed E-state index contributed by atoms with van der Waals surface area (Å²) in [6, 6.07) is 16.2. The second kappa shape index (κ2) is 11.1. The van der Waals surface area contributed by atoms with Crippen LogP contribution in [0.1, 0.15) is 36.7 Å². The number of nitrogens with one attached hydrogen (secondary N) is 2. The van der Waals surface area contributed by atoms with Crippen LogP contribution >= 0.6 is 11.6 Å². The number of hydrogen-bond acceptors (Lipinski definition) is 6. The van der Waals surface area contributed by atoms with Crippen molar-refractivity contribution in [2.24, 2.45) is 5.41 Å². The van der Waals surface area contributed by atoms with E-state index >= 15 is 0 Å². The number of benzene rings is 1. The number of anilines is 2. The van der Waals surface area contributed by atoms with Gasteiger partial charge in [-0.3, -0.25) is 19.8 Å². The first-order valence-corrected chi connectivity index (χ1v) is 13.2. The van der Waals surface area contributed by atoms with Gasteiger partial charge < -0.3 is 10.4 Å². The summed E-state index contributed by atoms with van der Waals surface area (Å²) in [5.74, 6) is -0.108. The molecule has 1 aromatic carbocycles. The standard InChI is InChI=1S/C29H30ClFN6O2/c1-18-12-26(36-35-18)34-25-14-21(24-8-3-4-10-32-24)13-22(33-25)16-29(28(38)39)9-11-37(19(2)15-29)17-20-6-5-7-23(30)27(20)31/h3-8,10,12-14,19H,9,11,15-17H2,1-2H3,(H,38,39)(H2,33,34,35,36)/t19-,29-/m1/s1. The molecule has 0 amide bonds. The van der Waals surface area contributed by atoms with Gasteiger partial charge in [-0.15, -0.1) is 0 Å². The van der Waals surface area contributed by atoms with Gasteiger partial charge in [-0.2, -0.15) is 5.10 Å². The molecule has 0 radical (unpaired) electrons. The van der Waals surface area contributed by atoms with Crippen molar-refractivity contribution in [3.63, 3.8) is 0 Å². The van der Waals surface area contributed by atoms with E-state index in [0.29, 0.717) is 48.8 Å². The molecule has 39 heavy (non-hydrogen) atoms. The number of pyridine rings is 2. The van der Waals surface area contributed by atoms with Gasteiger partial charge in [0, 0.05) is 53.8 Å². The molecule has 2 atom stereocenters. The summed E-state index contributed by atoms with van der Waals surface area (Å²) in [6.07, 6.45) is 2.78. The SMILES string of the molecule is Cc1cc(Nc2cc(-c3ccccn3)cc(C[C@@]3(C(=O)O)CCN(Cc4cccc(Cl)c4F)[C@H](C)C3)n2)n[nH]1. The first-order chi connectivity index (χ1) is 18.7. The van der Waals surface area contributed by atoms with Crippen molar-refractivity contribution >= 4 is 29.2 Å².